The lowest BCUT2D eigenvalue weighted by atomic mass is 9.96. The van der Waals surface area contributed by atoms with E-state index in [1.165, 1.54) is 157 Å². The SMILES string of the molecule is CC(=O)NC(C)(C)C(=O)N[C@H](C)C(=O)NC(C)(C)C(=O)N[C@H](C)C(=O)NC(C)(C)C(=O)N[C@@H](C)C(=O)N[C@H](CCC(N)=O)C(=O)NC(C)(C)C(=O)N[C@H](Cc1ccccc1)C(=O)NC(C)(C)C(=O)NCC(=O)NC(C)(C)C(=O)NC(C)(C)C(=O)N1CCC[C@H]1C(=O)N[C@H](C(=O)NC(C)(C)C(=O)NC(C)(C)C(=O)N[C@@H](CCC(=O)O)C(=O)N[C@@H](CCC(=O)O)C(=O)N[C@H](CNCCO)Cc1ccccc1)C(C)C. The summed E-state index contributed by atoms with van der Waals surface area (Å²) < 4.78 is 0. The molecule has 0 bridgehead atoms. The van der Waals surface area contributed by atoms with Gasteiger partial charge in [-0.1, -0.05) is 74.5 Å². The zero-order valence-corrected chi connectivity index (χ0v) is 85.5. The molecule has 0 aliphatic carbocycles. The van der Waals surface area contributed by atoms with Crippen LogP contribution in [0.4, 0.5) is 0 Å². The number of carboxylic acids is 2. The minimum absolute atomic E-state index is 0.00783. The molecule has 21 amide bonds. The fourth-order valence-electron chi connectivity index (χ4n) is 14.0. The highest BCUT2D eigenvalue weighted by Gasteiger charge is 2.48. The number of amides is 21. The van der Waals surface area contributed by atoms with E-state index in [0.717, 1.165) is 5.56 Å². The molecule has 48 nitrogen and oxygen atoms in total. The van der Waals surface area contributed by atoms with Crippen LogP contribution in [0.3, 0.4) is 0 Å². The molecule has 0 unspecified atom stereocenters. The summed E-state index contributed by atoms with van der Waals surface area (Å²) in [7, 11) is 0. The third kappa shape index (κ3) is 39.3. The summed E-state index contributed by atoms with van der Waals surface area (Å²) in [6, 6.07) is 3.68. The minimum atomic E-state index is -1.95. The van der Waals surface area contributed by atoms with Gasteiger partial charge in [0.25, 0.3) is 0 Å². The largest absolute Gasteiger partial charge is 0.481 e. The molecule has 1 aliphatic rings. The molecule has 2 aromatic rings. The molecule has 0 saturated carbocycles. The molecule has 1 fully saturated rings. The van der Waals surface area contributed by atoms with E-state index in [0.29, 0.717) is 5.56 Å². The molecule has 0 spiro atoms. The first-order chi connectivity index (χ1) is 65.2. The van der Waals surface area contributed by atoms with Crippen LogP contribution in [0, 0.1) is 5.92 Å². The first-order valence-electron chi connectivity index (χ1n) is 46.6. The molecular formula is C94H148N22O26. The summed E-state index contributed by atoms with van der Waals surface area (Å²) in [5.74, 6) is -22.0. The molecule has 48 heteroatoms. The van der Waals surface area contributed by atoms with Gasteiger partial charge in [-0.05, 0) is 201 Å². The maximum absolute atomic E-state index is 14.5. The lowest BCUT2D eigenvalue weighted by molar-refractivity contribution is -0.146. The number of aliphatic hydroxyl groups is 1. The molecule has 3 rings (SSSR count). The third-order valence-corrected chi connectivity index (χ3v) is 22.9. The highest BCUT2D eigenvalue weighted by molar-refractivity contribution is 6.05. The smallest absolute Gasteiger partial charge is 0.303 e. The van der Waals surface area contributed by atoms with Gasteiger partial charge in [0.05, 0.1) is 13.2 Å². The zero-order valence-electron chi connectivity index (χ0n) is 85.5. The molecule has 10 atom stereocenters. The normalized spacial score (nSPS) is 15.0. The maximum atomic E-state index is 14.5. The standard InChI is InChI=1S/C94H148N22O26/c1-50(2)67(76(133)113-93(21,22)84(141)114-91(17,18)82(139)104-59(39-42-66(123)124)72(129)103-58(38-41-65(121)122)71(128)101-57(48-96-43-45-117)46-55-32-27-25-28-33-55)106-75(132)62-36-31-44-116(62)85(142)94(23,24)115-83(140)92(19,20)108-64(120)49-97-77(134)86(7,8)112-74(131)61(47-56-34-29-26-30-35-56)105-81(138)90(15,16)111-73(130)60(37-40-63(95)119)102-68(125)51(3)98-79(136)88(11,12)109-70(127)53(5)100-80(137)89(13,14)110-69(126)52(4)99-78(135)87(9,10)107-54(6)118/h25-30,32-35,50-53,57-62,67,96,117H,31,36-49H2,1-24H3,(H2,95,119)(H,97,134)(H,98,136)(H,99,135)(H,100,137)(H,101,128)(H,102,125)(H,103,129)(H,104,139)(H,105,138)(H,106,132)(H,107,118)(H,108,120)(H,109,127)(H,110,126)(H,111,130)(H,112,131)(H,113,133)(H,114,141)(H,115,140)(H,121,122)(H,123,124)/t51-,52+,53+,57-,58-,59-,60+,61+,62-,67-/m0/s1. The summed E-state index contributed by atoms with van der Waals surface area (Å²) in [5.41, 5.74) is -9.38. The van der Waals surface area contributed by atoms with Gasteiger partial charge in [0.2, 0.25) is 124 Å². The monoisotopic (exact) mass is 2000 g/mol. The predicted octanol–water partition coefficient (Wildman–Crippen LogP) is -4.69. The Labute approximate surface area is 826 Å². The second kappa shape index (κ2) is 52.6. The Hall–Kier alpha value is -13.8. The Kier molecular flexibility index (Phi) is 45.3. The summed E-state index contributed by atoms with van der Waals surface area (Å²) in [6.07, 6.45) is -2.72. The van der Waals surface area contributed by atoms with Crippen molar-refractivity contribution in [3.63, 3.8) is 0 Å². The predicted molar refractivity (Wildman–Crippen MR) is 515 cm³/mol. The average molecular weight is 2000 g/mol. The van der Waals surface area contributed by atoms with Crippen LogP contribution < -0.4 is 112 Å². The number of aliphatic hydroxyl groups excluding tert-OH is 1. The number of hydrogen-bond acceptors (Lipinski definition) is 25. The molecule has 1 saturated heterocycles. The fourth-order valence-corrected chi connectivity index (χ4v) is 14.0. The number of nitrogens with one attached hydrogen (secondary N) is 20. The first kappa shape index (κ1) is 122. The summed E-state index contributed by atoms with van der Waals surface area (Å²) in [4.78, 5) is 313. The van der Waals surface area contributed by atoms with Gasteiger partial charge in [-0.3, -0.25) is 110 Å². The van der Waals surface area contributed by atoms with E-state index in [1.807, 2.05) is 12.1 Å². The first-order valence-corrected chi connectivity index (χ1v) is 46.6. The van der Waals surface area contributed by atoms with Crippen LogP contribution in [0.1, 0.15) is 229 Å². The molecule has 0 radical (unpaired) electrons. The Bertz CT molecular complexity index is 4940. The van der Waals surface area contributed by atoms with E-state index >= 15 is 0 Å². The number of primary amides is 1. The van der Waals surface area contributed by atoms with E-state index in [1.54, 1.807) is 62.4 Å². The van der Waals surface area contributed by atoms with E-state index in [-0.39, 0.29) is 51.9 Å². The number of nitrogens with two attached hydrogens (primary N) is 1. The molecule has 25 N–H and O–H groups in total. The lowest BCUT2D eigenvalue weighted by Gasteiger charge is -2.36. The number of aliphatic carboxylic acids is 2. The van der Waals surface area contributed by atoms with Gasteiger partial charge in [0.15, 0.2) is 0 Å². The van der Waals surface area contributed by atoms with Crippen LogP contribution in [0.15, 0.2) is 60.7 Å². The topological polar surface area (TPSA) is 723 Å². The Morgan fingerprint density at radius 2 is 0.739 bits per heavy atom. The van der Waals surface area contributed by atoms with Crippen LogP contribution >= 0.6 is 0 Å². The molecule has 1 aliphatic heterocycles. The minimum Gasteiger partial charge on any atom is -0.481 e. The average Bonchev–Trinajstić information content (AvgIpc) is 1.60. The molecule has 790 valence electrons. The van der Waals surface area contributed by atoms with Gasteiger partial charge in [-0.25, -0.2) is 0 Å². The Morgan fingerprint density at radius 3 is 1.19 bits per heavy atom. The lowest BCUT2D eigenvalue weighted by Crippen LogP contribution is -2.66. The molecular weight excluding hydrogens is 1850 g/mol. The van der Waals surface area contributed by atoms with Gasteiger partial charge in [0.1, 0.15) is 104 Å². The highest BCUT2D eigenvalue weighted by Crippen LogP contribution is 2.25. The van der Waals surface area contributed by atoms with Crippen molar-refractivity contribution in [3.05, 3.63) is 71.8 Å². The van der Waals surface area contributed by atoms with Gasteiger partial charge in [-0.15, -0.1) is 0 Å². The second-order valence-electron chi connectivity index (χ2n) is 40.4. The van der Waals surface area contributed by atoms with Gasteiger partial charge in [0, 0.05) is 58.3 Å². The molecule has 142 heavy (non-hydrogen) atoms. The maximum Gasteiger partial charge on any atom is 0.303 e. The third-order valence-electron chi connectivity index (χ3n) is 22.9. The van der Waals surface area contributed by atoms with Gasteiger partial charge < -0.3 is 132 Å². The van der Waals surface area contributed by atoms with Crippen molar-refractivity contribution < 1.29 is 126 Å². The fraction of sp³-hybridized carbons (Fsp3) is 0.628. The van der Waals surface area contributed by atoms with E-state index in [4.69, 9.17) is 5.73 Å². The second-order valence-corrected chi connectivity index (χ2v) is 40.4. The molecule has 0 aromatic heterocycles. The van der Waals surface area contributed by atoms with Crippen LogP contribution in [-0.2, 0) is 123 Å². The number of carbonyl (C=O) groups excluding carboxylic acids is 21. The van der Waals surface area contributed by atoms with E-state index < -0.39 is 297 Å². The highest BCUT2D eigenvalue weighted by atomic mass is 16.4. The van der Waals surface area contributed by atoms with Gasteiger partial charge in [-0.2, -0.15) is 0 Å². The molecule has 2 aromatic carbocycles. The number of carboxylic acid groups (broad SMARTS) is 2. The van der Waals surface area contributed by atoms with Crippen molar-refractivity contribution in [1.82, 2.24) is 111 Å². The number of benzene rings is 2. The summed E-state index contributed by atoms with van der Waals surface area (Å²) in [5, 5.41) is 79.5. The van der Waals surface area contributed by atoms with Crippen molar-refractivity contribution in [2.75, 3.05) is 32.8 Å². The van der Waals surface area contributed by atoms with Crippen LogP contribution in [0.2, 0.25) is 0 Å². The Balaban J connectivity index is 1.68. The van der Waals surface area contributed by atoms with Crippen molar-refractivity contribution >= 4 is 136 Å². The quantitative estimate of drug-likeness (QED) is 0.0277. The van der Waals surface area contributed by atoms with Crippen LogP contribution in [0.25, 0.3) is 0 Å². The molecule has 1 heterocycles. The number of nitrogens with zero attached hydrogens (tertiary/aromatic N) is 1. The van der Waals surface area contributed by atoms with Crippen molar-refractivity contribution in [3.8, 4) is 0 Å². The number of hydrogen-bond donors (Lipinski definition) is 24. The summed E-state index contributed by atoms with van der Waals surface area (Å²) in [6.45, 7) is 31.0. The van der Waals surface area contributed by atoms with Crippen LogP contribution in [-0.4, -0.2) is 299 Å². The van der Waals surface area contributed by atoms with Crippen molar-refractivity contribution in [2.24, 2.45) is 11.7 Å². The van der Waals surface area contributed by atoms with E-state index in [9.17, 15) is 126 Å². The summed E-state index contributed by atoms with van der Waals surface area (Å²) >= 11 is 0. The van der Waals surface area contributed by atoms with Crippen LogP contribution in [0.5, 0.6) is 0 Å². The number of rotatable bonds is 56. The Morgan fingerprint density at radius 1 is 0.380 bits per heavy atom. The van der Waals surface area contributed by atoms with Crippen molar-refractivity contribution in [1.29, 1.82) is 0 Å². The van der Waals surface area contributed by atoms with Gasteiger partial charge >= 0.3 is 11.9 Å². The number of carbonyl (C=O) groups is 23. The zero-order chi connectivity index (χ0) is 109. The van der Waals surface area contributed by atoms with E-state index in [2.05, 4.69) is 106 Å². The number of likely N-dealkylation sites (tertiary alicyclic amines) is 1. The van der Waals surface area contributed by atoms with Crippen molar-refractivity contribution in [2.45, 2.75) is 341 Å².